The third kappa shape index (κ3) is 3.04. The summed E-state index contributed by atoms with van der Waals surface area (Å²) in [6, 6.07) is 5.11. The highest BCUT2D eigenvalue weighted by Gasteiger charge is 2.26. The number of benzene rings is 1. The molecule has 110 valence electrons. The molecule has 1 aromatic carbocycles. The van der Waals surface area contributed by atoms with Crippen LogP contribution in [-0.4, -0.2) is 38.7 Å². The maximum atomic E-state index is 12.6. The van der Waals surface area contributed by atoms with Gasteiger partial charge in [0, 0.05) is 18.1 Å². The fourth-order valence-electron chi connectivity index (χ4n) is 2.59. The number of hydrogen-bond acceptors (Lipinski definition) is 3. The molecule has 0 bridgehead atoms. The van der Waals surface area contributed by atoms with E-state index in [0.29, 0.717) is 22.2 Å². The molecule has 0 radical (unpaired) electrons. The van der Waals surface area contributed by atoms with Crippen molar-refractivity contribution < 1.29 is 4.79 Å². The molecular formula is C14H14Cl2N4O. The van der Waals surface area contributed by atoms with Gasteiger partial charge in [-0.1, -0.05) is 23.2 Å². The van der Waals surface area contributed by atoms with Crippen LogP contribution >= 0.6 is 23.2 Å². The first-order valence-corrected chi connectivity index (χ1v) is 7.49. The summed E-state index contributed by atoms with van der Waals surface area (Å²) in [4.78, 5) is 18.4. The van der Waals surface area contributed by atoms with E-state index in [4.69, 9.17) is 23.2 Å². The molecule has 0 spiro atoms. The number of hydrogen-bond donors (Lipinski definition) is 0. The number of carbonyl (C=O) groups excluding carboxylic acids is 1. The number of rotatable bonds is 2. The van der Waals surface area contributed by atoms with Crippen LogP contribution in [0.25, 0.3) is 0 Å². The van der Waals surface area contributed by atoms with Crippen molar-refractivity contribution in [3.63, 3.8) is 0 Å². The smallest absolute Gasteiger partial charge is 0.255 e. The molecular weight excluding hydrogens is 311 g/mol. The van der Waals surface area contributed by atoms with Crippen LogP contribution in [0.3, 0.4) is 0 Å². The maximum Gasteiger partial charge on any atom is 0.255 e. The molecule has 7 heteroatoms. The van der Waals surface area contributed by atoms with E-state index in [9.17, 15) is 4.79 Å². The van der Waals surface area contributed by atoms with Gasteiger partial charge in [0.2, 0.25) is 0 Å². The van der Waals surface area contributed by atoms with E-state index in [2.05, 4.69) is 10.1 Å². The fourth-order valence-corrected chi connectivity index (χ4v) is 3.08. The average Bonchev–Trinajstić information content (AvgIpc) is 3.01. The van der Waals surface area contributed by atoms with Crippen LogP contribution in [0.1, 0.15) is 29.2 Å². The molecule has 1 aliphatic heterocycles. The molecule has 1 aromatic heterocycles. The summed E-state index contributed by atoms with van der Waals surface area (Å²) in [5.41, 5.74) is 0.486. The molecule has 21 heavy (non-hydrogen) atoms. The van der Waals surface area contributed by atoms with Gasteiger partial charge in [-0.2, -0.15) is 5.10 Å². The zero-order valence-corrected chi connectivity index (χ0v) is 12.8. The average molecular weight is 325 g/mol. The molecule has 0 aliphatic carbocycles. The number of amides is 1. The Morgan fingerprint density at radius 2 is 2.19 bits per heavy atom. The van der Waals surface area contributed by atoms with E-state index in [1.165, 1.54) is 6.33 Å². The SMILES string of the molecule is O=C(c1ccc(Cl)cc1Cl)N1CCCC(n2cncn2)C1. The van der Waals surface area contributed by atoms with Gasteiger partial charge in [-0.15, -0.1) is 0 Å². The van der Waals surface area contributed by atoms with Gasteiger partial charge in [0.05, 0.1) is 16.6 Å². The molecule has 1 atom stereocenters. The van der Waals surface area contributed by atoms with E-state index in [-0.39, 0.29) is 11.9 Å². The van der Waals surface area contributed by atoms with Crippen LogP contribution in [0.5, 0.6) is 0 Å². The minimum absolute atomic E-state index is 0.0681. The largest absolute Gasteiger partial charge is 0.336 e. The summed E-state index contributed by atoms with van der Waals surface area (Å²) < 4.78 is 1.81. The van der Waals surface area contributed by atoms with E-state index >= 15 is 0 Å². The van der Waals surface area contributed by atoms with Crippen molar-refractivity contribution in [2.75, 3.05) is 13.1 Å². The van der Waals surface area contributed by atoms with Crippen molar-refractivity contribution in [1.29, 1.82) is 0 Å². The van der Waals surface area contributed by atoms with Gasteiger partial charge in [0.15, 0.2) is 0 Å². The van der Waals surface area contributed by atoms with Gasteiger partial charge in [0.25, 0.3) is 5.91 Å². The Morgan fingerprint density at radius 3 is 2.90 bits per heavy atom. The van der Waals surface area contributed by atoms with Gasteiger partial charge in [-0.3, -0.25) is 4.79 Å². The van der Waals surface area contributed by atoms with Crippen LogP contribution in [0.4, 0.5) is 0 Å². The first-order valence-electron chi connectivity index (χ1n) is 6.73. The lowest BCUT2D eigenvalue weighted by Gasteiger charge is -2.32. The molecule has 1 saturated heterocycles. The summed E-state index contributed by atoms with van der Waals surface area (Å²) in [6.07, 6.45) is 5.12. The highest BCUT2D eigenvalue weighted by Crippen LogP contribution is 2.26. The van der Waals surface area contributed by atoms with Gasteiger partial charge < -0.3 is 4.90 Å². The predicted octanol–water partition coefficient (Wildman–Crippen LogP) is 3.06. The zero-order valence-electron chi connectivity index (χ0n) is 11.2. The van der Waals surface area contributed by atoms with Crippen LogP contribution < -0.4 is 0 Å². The number of aromatic nitrogens is 3. The van der Waals surface area contributed by atoms with Gasteiger partial charge in [-0.25, -0.2) is 9.67 Å². The van der Waals surface area contributed by atoms with Crippen LogP contribution in [0.2, 0.25) is 10.0 Å². The highest BCUT2D eigenvalue weighted by molar-refractivity contribution is 6.36. The third-order valence-electron chi connectivity index (χ3n) is 3.66. The minimum atomic E-state index is -0.0681. The van der Waals surface area contributed by atoms with Crippen molar-refractivity contribution >= 4 is 29.1 Å². The lowest BCUT2D eigenvalue weighted by Crippen LogP contribution is -2.41. The zero-order chi connectivity index (χ0) is 14.8. The molecule has 2 aromatic rings. The predicted molar refractivity (Wildman–Crippen MR) is 80.7 cm³/mol. The van der Waals surface area contributed by atoms with E-state index in [1.807, 2.05) is 9.58 Å². The van der Waals surface area contributed by atoms with Crippen molar-refractivity contribution in [2.45, 2.75) is 18.9 Å². The first-order chi connectivity index (χ1) is 10.1. The lowest BCUT2D eigenvalue weighted by molar-refractivity contribution is 0.0673. The maximum absolute atomic E-state index is 12.6. The van der Waals surface area contributed by atoms with Crippen LogP contribution in [-0.2, 0) is 0 Å². The number of halogens is 2. The van der Waals surface area contributed by atoms with E-state index < -0.39 is 0 Å². The molecule has 0 N–H and O–H groups in total. The second kappa shape index (κ2) is 6.03. The van der Waals surface area contributed by atoms with E-state index in [1.54, 1.807) is 24.5 Å². The highest BCUT2D eigenvalue weighted by atomic mass is 35.5. The summed E-state index contributed by atoms with van der Waals surface area (Å²) in [7, 11) is 0. The first kappa shape index (κ1) is 14.4. The standard InChI is InChI=1S/C14H14Cl2N4O/c15-10-3-4-12(13(16)6-10)14(21)19-5-1-2-11(7-19)20-9-17-8-18-20/h3-4,6,8-9,11H,1-2,5,7H2. The quantitative estimate of drug-likeness (QED) is 0.853. The number of likely N-dealkylation sites (tertiary alicyclic amines) is 1. The Kier molecular flexibility index (Phi) is 4.12. The van der Waals surface area contributed by atoms with Crippen LogP contribution in [0, 0.1) is 0 Å². The van der Waals surface area contributed by atoms with Gasteiger partial charge >= 0.3 is 0 Å². The summed E-state index contributed by atoms with van der Waals surface area (Å²) in [6.45, 7) is 1.34. The molecule has 1 fully saturated rings. The normalized spacial score (nSPS) is 18.8. The molecule has 2 heterocycles. The number of piperidine rings is 1. The Labute approximate surface area is 132 Å². The van der Waals surface area contributed by atoms with Crippen molar-refractivity contribution in [2.24, 2.45) is 0 Å². The third-order valence-corrected chi connectivity index (χ3v) is 4.20. The van der Waals surface area contributed by atoms with Crippen molar-refractivity contribution in [1.82, 2.24) is 19.7 Å². The lowest BCUT2D eigenvalue weighted by atomic mass is 10.0. The molecule has 1 amide bonds. The van der Waals surface area contributed by atoms with Crippen molar-refractivity contribution in [3.8, 4) is 0 Å². The summed E-state index contributed by atoms with van der Waals surface area (Å²) in [5.74, 6) is -0.0681. The minimum Gasteiger partial charge on any atom is -0.336 e. The Morgan fingerprint density at radius 1 is 1.33 bits per heavy atom. The Bertz CT molecular complexity index is 644. The second-order valence-corrected chi connectivity index (χ2v) is 5.89. The number of nitrogens with zero attached hydrogens (tertiary/aromatic N) is 4. The van der Waals surface area contributed by atoms with Crippen LogP contribution in [0.15, 0.2) is 30.9 Å². The topological polar surface area (TPSA) is 51.0 Å². The molecule has 1 unspecified atom stereocenters. The molecule has 5 nitrogen and oxygen atoms in total. The molecule has 3 rings (SSSR count). The monoisotopic (exact) mass is 324 g/mol. The molecule has 1 aliphatic rings. The molecule has 0 saturated carbocycles. The van der Waals surface area contributed by atoms with Gasteiger partial charge in [-0.05, 0) is 31.0 Å². The van der Waals surface area contributed by atoms with Gasteiger partial charge in [0.1, 0.15) is 12.7 Å². The second-order valence-electron chi connectivity index (χ2n) is 5.05. The van der Waals surface area contributed by atoms with Crippen molar-refractivity contribution in [3.05, 3.63) is 46.5 Å². The summed E-state index contributed by atoms with van der Waals surface area (Å²) >= 11 is 12.0. The fraction of sp³-hybridized carbons (Fsp3) is 0.357. The van der Waals surface area contributed by atoms with E-state index in [0.717, 1.165) is 19.4 Å². The Balaban J connectivity index is 1.78. The summed E-state index contributed by atoms with van der Waals surface area (Å²) in [5, 5.41) is 5.07. The number of carbonyl (C=O) groups is 1. The Hall–Kier alpha value is -1.59.